The van der Waals surface area contributed by atoms with Crippen LogP contribution in [0, 0.1) is 0 Å². The molecule has 0 bridgehead atoms. The summed E-state index contributed by atoms with van der Waals surface area (Å²) in [6.45, 7) is 1.92. The van der Waals surface area contributed by atoms with E-state index in [1.165, 1.54) is 16.7 Å². The Bertz CT molecular complexity index is 1380. The van der Waals surface area contributed by atoms with Crippen molar-refractivity contribution in [2.24, 2.45) is 0 Å². The number of aliphatic hydroxyl groups is 1. The third kappa shape index (κ3) is 7.85. The van der Waals surface area contributed by atoms with Crippen molar-refractivity contribution in [3.63, 3.8) is 0 Å². The molecule has 0 aliphatic carbocycles. The van der Waals surface area contributed by atoms with Gasteiger partial charge in [0, 0.05) is 30.5 Å². The molecule has 4 aromatic rings. The molecule has 0 saturated carbocycles. The second kappa shape index (κ2) is 14.1. The van der Waals surface area contributed by atoms with E-state index in [1.54, 1.807) is 19.2 Å². The lowest BCUT2D eigenvalue weighted by molar-refractivity contribution is 0.0482. The molecule has 8 heteroatoms. The van der Waals surface area contributed by atoms with E-state index in [-0.39, 0.29) is 25.1 Å². The van der Waals surface area contributed by atoms with Crippen LogP contribution in [0.4, 0.5) is 11.4 Å². The zero-order valence-electron chi connectivity index (χ0n) is 23.2. The van der Waals surface area contributed by atoms with Crippen molar-refractivity contribution in [2.75, 3.05) is 38.3 Å². The van der Waals surface area contributed by atoms with Crippen molar-refractivity contribution in [3.8, 4) is 17.2 Å². The summed E-state index contributed by atoms with van der Waals surface area (Å²) in [5.74, 6) is 2.12. The van der Waals surface area contributed by atoms with Gasteiger partial charge in [0.05, 0.1) is 7.11 Å². The van der Waals surface area contributed by atoms with Crippen molar-refractivity contribution in [2.45, 2.75) is 31.6 Å². The van der Waals surface area contributed by atoms with E-state index in [0.29, 0.717) is 30.3 Å². The van der Waals surface area contributed by atoms with Gasteiger partial charge in [-0.15, -0.1) is 12.4 Å². The number of rotatable bonds is 11. The van der Waals surface area contributed by atoms with E-state index in [2.05, 4.69) is 29.2 Å². The zero-order chi connectivity index (χ0) is 27.9. The molecule has 0 radical (unpaired) electrons. The van der Waals surface area contributed by atoms with Crippen molar-refractivity contribution in [3.05, 3.63) is 113 Å². The number of fused-ring (bicyclic) bond motifs is 1. The highest BCUT2D eigenvalue weighted by atomic mass is 35.5. The van der Waals surface area contributed by atoms with Crippen LogP contribution in [-0.2, 0) is 19.4 Å². The van der Waals surface area contributed by atoms with Gasteiger partial charge in [0.1, 0.15) is 25.1 Å². The first kappa shape index (κ1) is 30.1. The minimum atomic E-state index is -0.667. The van der Waals surface area contributed by atoms with Gasteiger partial charge in [-0.05, 0) is 83.6 Å². The second-order valence-electron chi connectivity index (χ2n) is 10.2. The third-order valence-electron chi connectivity index (χ3n) is 7.31. The number of nitrogens with zero attached hydrogens (tertiary/aromatic N) is 1. The average Bonchev–Trinajstić information content (AvgIpc) is 2.98. The van der Waals surface area contributed by atoms with Gasteiger partial charge in [-0.3, -0.25) is 4.90 Å². The topological polar surface area (TPSA) is 103 Å². The molecule has 1 heterocycles. The van der Waals surface area contributed by atoms with Crippen LogP contribution in [0.1, 0.15) is 28.3 Å². The predicted octanol–water partition coefficient (Wildman–Crippen LogP) is 5.44. The first-order valence-electron chi connectivity index (χ1n) is 13.6. The largest absolute Gasteiger partial charge is 0.493 e. The molecule has 0 fully saturated rings. The van der Waals surface area contributed by atoms with Crippen molar-refractivity contribution < 1.29 is 19.3 Å². The summed E-state index contributed by atoms with van der Waals surface area (Å²) in [7, 11) is 1.68. The van der Waals surface area contributed by atoms with Crippen LogP contribution in [0.15, 0.2) is 91.0 Å². The van der Waals surface area contributed by atoms with Gasteiger partial charge < -0.3 is 30.8 Å². The average molecular weight is 576 g/mol. The lowest BCUT2D eigenvalue weighted by Crippen LogP contribution is -2.42. The van der Waals surface area contributed by atoms with Crippen LogP contribution in [-0.4, -0.2) is 42.9 Å². The van der Waals surface area contributed by atoms with E-state index in [4.69, 9.17) is 25.7 Å². The Hall–Kier alpha value is -3.91. The first-order valence-corrected chi connectivity index (χ1v) is 13.6. The molecule has 5 rings (SSSR count). The smallest absolute Gasteiger partial charge is 0.162 e. The highest BCUT2D eigenvalue weighted by Crippen LogP contribution is 2.40. The van der Waals surface area contributed by atoms with E-state index >= 15 is 0 Å². The summed E-state index contributed by atoms with van der Waals surface area (Å²) in [4.78, 5) is 2.34. The van der Waals surface area contributed by atoms with E-state index in [1.807, 2.05) is 54.6 Å². The van der Waals surface area contributed by atoms with Gasteiger partial charge in [0.2, 0.25) is 0 Å². The molecule has 1 aliphatic heterocycles. The molecular formula is C33H38ClN3O4. The maximum atomic E-state index is 11.0. The van der Waals surface area contributed by atoms with Crippen LogP contribution in [0.5, 0.6) is 17.2 Å². The maximum Gasteiger partial charge on any atom is 0.162 e. The van der Waals surface area contributed by atoms with Crippen LogP contribution >= 0.6 is 12.4 Å². The molecule has 1 aliphatic rings. The number of hydrogen-bond acceptors (Lipinski definition) is 7. The predicted molar refractivity (Wildman–Crippen MR) is 166 cm³/mol. The Morgan fingerprint density at radius 2 is 1.54 bits per heavy atom. The zero-order valence-corrected chi connectivity index (χ0v) is 24.1. The van der Waals surface area contributed by atoms with E-state index in [0.717, 1.165) is 36.4 Å². The van der Waals surface area contributed by atoms with Gasteiger partial charge in [0.15, 0.2) is 11.5 Å². The molecule has 41 heavy (non-hydrogen) atoms. The second-order valence-corrected chi connectivity index (χ2v) is 10.2. The number of ether oxygens (including phenoxy) is 3. The number of β-amino-alcohol motifs (C(OH)–C–C–N with tert-alkyl or cyclic N) is 1. The molecule has 0 saturated heterocycles. The van der Waals surface area contributed by atoms with Gasteiger partial charge >= 0.3 is 0 Å². The van der Waals surface area contributed by atoms with Crippen LogP contribution in [0.2, 0.25) is 0 Å². The summed E-state index contributed by atoms with van der Waals surface area (Å²) in [6, 6.07) is 29.5. The Balaban J connectivity index is 0.00000387. The third-order valence-corrected chi connectivity index (χ3v) is 7.31. The summed E-state index contributed by atoms with van der Waals surface area (Å²) in [5, 5.41) is 11.0. The van der Waals surface area contributed by atoms with Crippen LogP contribution in [0.3, 0.4) is 0 Å². The van der Waals surface area contributed by atoms with Crippen LogP contribution < -0.4 is 25.7 Å². The van der Waals surface area contributed by atoms with Gasteiger partial charge in [-0.25, -0.2) is 0 Å². The summed E-state index contributed by atoms with van der Waals surface area (Å²) >= 11 is 0. The normalized spacial score (nSPS) is 15.3. The van der Waals surface area contributed by atoms with Crippen molar-refractivity contribution in [1.82, 2.24) is 4.90 Å². The molecule has 5 N–H and O–H groups in total. The number of hydrogen-bond donors (Lipinski definition) is 3. The first-order chi connectivity index (χ1) is 19.5. The monoisotopic (exact) mass is 575 g/mol. The summed E-state index contributed by atoms with van der Waals surface area (Å²) in [6.07, 6.45) is 0.942. The van der Waals surface area contributed by atoms with Crippen LogP contribution in [0.25, 0.3) is 0 Å². The number of methoxy groups -OCH3 is 1. The number of nitrogen functional groups attached to an aromatic ring is 2. The maximum absolute atomic E-state index is 11.0. The van der Waals surface area contributed by atoms with Gasteiger partial charge in [0.25, 0.3) is 0 Å². The number of nitrogens with two attached hydrogens (primary N) is 2. The van der Waals surface area contributed by atoms with Crippen molar-refractivity contribution in [1.29, 1.82) is 0 Å². The highest BCUT2D eigenvalue weighted by Gasteiger charge is 2.31. The number of benzene rings is 4. The standard InChI is InChI=1S/C33H37N3O4.ClH/c1-38-32-18-25-15-16-36(20-28(37)22-39-29-13-11-27(35)12-14-29)31(17-23-7-9-26(34)10-8-23)30(25)19-33(32)40-21-24-5-3-2-4-6-24;/h2-14,18-19,28,31,37H,15-17,20-22,34-35H2,1H3;1H. The van der Waals surface area contributed by atoms with Gasteiger partial charge in [-0.1, -0.05) is 42.5 Å². The quantitative estimate of drug-likeness (QED) is 0.205. The Kier molecular flexibility index (Phi) is 10.4. The number of halogens is 1. The summed E-state index contributed by atoms with van der Waals surface area (Å²) in [5.41, 5.74) is 17.8. The van der Waals surface area contributed by atoms with Gasteiger partial charge in [-0.2, -0.15) is 0 Å². The molecule has 0 aromatic heterocycles. The Labute approximate surface area is 248 Å². The molecule has 216 valence electrons. The fraction of sp³-hybridized carbons (Fsp3) is 0.273. The lowest BCUT2D eigenvalue weighted by atomic mass is 9.88. The molecule has 2 unspecified atom stereocenters. The molecular weight excluding hydrogens is 538 g/mol. The molecule has 4 aromatic carbocycles. The molecule has 7 nitrogen and oxygen atoms in total. The van der Waals surface area contributed by atoms with E-state index < -0.39 is 6.10 Å². The highest BCUT2D eigenvalue weighted by molar-refractivity contribution is 5.85. The summed E-state index contributed by atoms with van der Waals surface area (Å²) < 4.78 is 17.8. The minimum absolute atomic E-state index is 0. The lowest BCUT2D eigenvalue weighted by Gasteiger charge is -2.39. The fourth-order valence-corrected chi connectivity index (χ4v) is 5.18. The molecule has 2 atom stereocenters. The Morgan fingerprint density at radius 1 is 0.854 bits per heavy atom. The minimum Gasteiger partial charge on any atom is -0.493 e. The number of anilines is 2. The molecule has 0 amide bonds. The van der Waals surface area contributed by atoms with E-state index in [9.17, 15) is 5.11 Å². The fourth-order valence-electron chi connectivity index (χ4n) is 5.18. The van der Waals surface area contributed by atoms with Crippen molar-refractivity contribution >= 4 is 23.8 Å². The SMILES string of the molecule is COc1cc2c(cc1OCc1ccccc1)C(Cc1ccc(N)cc1)N(CC(O)COc1ccc(N)cc1)CC2.Cl. The Morgan fingerprint density at radius 3 is 2.22 bits per heavy atom. The molecule has 0 spiro atoms. The number of aliphatic hydroxyl groups excluding tert-OH is 1.